The number of halogens is 3. The molecule has 0 bridgehead atoms. The molecule has 2 aliphatic heterocycles. The Hall–Kier alpha value is -4.65. The van der Waals surface area contributed by atoms with Crippen molar-refractivity contribution in [2.75, 3.05) is 36.8 Å². The highest BCUT2D eigenvalue weighted by molar-refractivity contribution is 7.99. The zero-order valence-corrected chi connectivity index (χ0v) is 27.2. The number of aromatic nitrogens is 3. The molecule has 0 saturated carbocycles. The van der Waals surface area contributed by atoms with Gasteiger partial charge in [0.05, 0.1) is 34.9 Å². The van der Waals surface area contributed by atoms with Gasteiger partial charge in [0.2, 0.25) is 5.91 Å². The molecule has 9 nitrogen and oxygen atoms in total. The summed E-state index contributed by atoms with van der Waals surface area (Å²) < 4.78 is 32.2. The first kappa shape index (κ1) is 34.2. The maximum absolute atomic E-state index is 15.1. The van der Waals surface area contributed by atoms with E-state index in [0.717, 1.165) is 6.07 Å². The number of carbonyl (C=O) groups excluding carboxylic acids is 1. The van der Waals surface area contributed by atoms with Gasteiger partial charge in [0.25, 0.3) is 5.56 Å². The average Bonchev–Trinajstić information content (AvgIpc) is 3.57. The van der Waals surface area contributed by atoms with E-state index in [4.69, 9.17) is 16.9 Å². The van der Waals surface area contributed by atoms with E-state index in [1.54, 1.807) is 44.7 Å². The summed E-state index contributed by atoms with van der Waals surface area (Å²) in [4.78, 5) is 30.5. The van der Waals surface area contributed by atoms with Crippen LogP contribution in [0.15, 0.2) is 65.1 Å². The molecule has 1 unspecified atom stereocenters. The smallest absolute Gasteiger partial charge is 0.271 e. The standard InChI is InChI=1S/C29H23ClF2N6O2S.C2H3N.C2H6/c1-2-24(39)35-8-10-36(11-9-35)26-20-13-22(30)25(19-5-4-17(31)12-23(19)32)28-27(20)38(29(40)21(26)14-33)18(16-41-28)15-37-7-3-6-34-37;1-2-3;1-2/h2-7,12-13,18H,1,8-11,15-16H2;1H3;1-2H3. The molecule has 238 valence electrons. The topological polar surface area (TPSA) is 111 Å². The van der Waals surface area contributed by atoms with Crippen LogP contribution in [0, 0.1) is 34.3 Å². The zero-order valence-electron chi connectivity index (χ0n) is 25.6. The summed E-state index contributed by atoms with van der Waals surface area (Å²) >= 11 is 8.28. The van der Waals surface area contributed by atoms with Crippen molar-refractivity contribution in [3.05, 3.63) is 88.0 Å². The predicted octanol–water partition coefficient (Wildman–Crippen LogP) is 6.41. The van der Waals surface area contributed by atoms with Crippen LogP contribution in [-0.4, -0.2) is 57.1 Å². The fourth-order valence-corrected chi connectivity index (χ4v) is 7.33. The van der Waals surface area contributed by atoms with E-state index < -0.39 is 17.2 Å². The van der Waals surface area contributed by atoms with E-state index in [2.05, 4.69) is 17.7 Å². The third-order valence-electron chi connectivity index (χ3n) is 7.51. The molecule has 1 amide bonds. The van der Waals surface area contributed by atoms with E-state index in [-0.39, 0.29) is 28.1 Å². The number of thioether (sulfide) groups is 1. The molecule has 1 atom stereocenters. The number of pyridine rings is 1. The minimum atomic E-state index is -0.771. The Bertz CT molecular complexity index is 1910. The lowest BCUT2D eigenvalue weighted by molar-refractivity contribution is -0.126. The van der Waals surface area contributed by atoms with E-state index in [1.165, 1.54) is 36.9 Å². The molecular formula is C33H32ClF2N7O2S. The van der Waals surface area contributed by atoms with Crippen molar-refractivity contribution >= 4 is 45.9 Å². The maximum atomic E-state index is 15.1. The molecular weight excluding hydrogens is 632 g/mol. The van der Waals surface area contributed by atoms with Crippen LogP contribution in [-0.2, 0) is 11.3 Å². The largest absolute Gasteiger partial charge is 0.366 e. The molecule has 2 aliphatic rings. The molecule has 0 N–H and O–H groups in total. The Labute approximate surface area is 274 Å². The van der Waals surface area contributed by atoms with Gasteiger partial charge in [-0.25, -0.2) is 8.78 Å². The molecule has 4 aromatic rings. The van der Waals surface area contributed by atoms with Crippen LogP contribution in [0.2, 0.25) is 5.02 Å². The molecule has 1 saturated heterocycles. The summed E-state index contributed by atoms with van der Waals surface area (Å²) in [6.07, 6.45) is 4.71. The Morgan fingerprint density at radius 1 is 1.20 bits per heavy atom. The molecule has 46 heavy (non-hydrogen) atoms. The van der Waals surface area contributed by atoms with Crippen LogP contribution in [0.4, 0.5) is 14.5 Å². The zero-order chi connectivity index (χ0) is 33.5. The van der Waals surface area contributed by atoms with Crippen molar-refractivity contribution in [1.82, 2.24) is 19.2 Å². The Morgan fingerprint density at radius 2 is 1.89 bits per heavy atom. The fraction of sp³-hybridized carbons (Fsp3) is 0.303. The number of anilines is 1. The highest BCUT2D eigenvalue weighted by Crippen LogP contribution is 2.49. The SMILES string of the molecule is C=CC(=O)N1CCN(c2c(C#N)c(=O)n3c4c(c(-c5ccc(F)cc5F)c(Cl)cc24)SCC3Cn2cccn2)CC1.CC.CC#N. The maximum Gasteiger partial charge on any atom is 0.271 e. The minimum Gasteiger partial charge on any atom is -0.366 e. The van der Waals surface area contributed by atoms with Crippen LogP contribution in [0.3, 0.4) is 0 Å². The average molecular weight is 664 g/mol. The van der Waals surface area contributed by atoms with Gasteiger partial charge in [-0.05, 0) is 30.3 Å². The van der Waals surface area contributed by atoms with Gasteiger partial charge in [0.1, 0.15) is 23.3 Å². The van der Waals surface area contributed by atoms with Gasteiger partial charge in [-0.15, -0.1) is 11.8 Å². The number of hydrogen-bond acceptors (Lipinski definition) is 7. The second-order valence-electron chi connectivity index (χ2n) is 10.0. The second kappa shape index (κ2) is 15.1. The van der Waals surface area contributed by atoms with Crippen molar-refractivity contribution in [3.63, 3.8) is 0 Å². The molecule has 0 radical (unpaired) electrons. The van der Waals surface area contributed by atoms with Gasteiger partial charge in [-0.1, -0.05) is 32.0 Å². The lowest BCUT2D eigenvalue weighted by Gasteiger charge is -2.38. The first-order valence-corrected chi connectivity index (χ1v) is 16.0. The molecule has 4 heterocycles. The molecule has 0 aliphatic carbocycles. The molecule has 2 aromatic heterocycles. The monoisotopic (exact) mass is 663 g/mol. The normalized spacial score (nSPS) is 15.1. The molecule has 1 fully saturated rings. The van der Waals surface area contributed by atoms with Crippen molar-refractivity contribution < 1.29 is 13.6 Å². The highest BCUT2D eigenvalue weighted by atomic mass is 35.5. The third-order valence-corrected chi connectivity index (χ3v) is 9.04. The van der Waals surface area contributed by atoms with Gasteiger partial charge >= 0.3 is 0 Å². The van der Waals surface area contributed by atoms with Crippen LogP contribution >= 0.6 is 23.4 Å². The molecule has 0 spiro atoms. The van der Waals surface area contributed by atoms with Gasteiger partial charge < -0.3 is 14.4 Å². The van der Waals surface area contributed by atoms with Crippen LogP contribution in [0.25, 0.3) is 22.0 Å². The lowest BCUT2D eigenvalue weighted by Crippen LogP contribution is -2.49. The first-order chi connectivity index (χ1) is 22.2. The number of benzene rings is 2. The summed E-state index contributed by atoms with van der Waals surface area (Å²) in [6.45, 7) is 10.9. The van der Waals surface area contributed by atoms with Crippen LogP contribution in [0.1, 0.15) is 32.4 Å². The summed E-state index contributed by atoms with van der Waals surface area (Å²) in [5.41, 5.74) is 0.957. The van der Waals surface area contributed by atoms with Crippen molar-refractivity contribution in [2.45, 2.75) is 38.3 Å². The number of nitriles is 2. The third kappa shape index (κ3) is 6.50. The molecule has 2 aromatic carbocycles. The number of carbonyl (C=O) groups is 1. The van der Waals surface area contributed by atoms with Gasteiger partial charge in [0.15, 0.2) is 0 Å². The van der Waals surface area contributed by atoms with Gasteiger partial charge in [-0.2, -0.15) is 15.6 Å². The molecule has 13 heteroatoms. The van der Waals surface area contributed by atoms with Crippen LogP contribution < -0.4 is 10.5 Å². The van der Waals surface area contributed by atoms with Gasteiger partial charge in [0, 0.05) is 78.7 Å². The fourth-order valence-electron chi connectivity index (χ4n) is 5.65. The molecule has 6 rings (SSSR count). The van der Waals surface area contributed by atoms with E-state index in [0.29, 0.717) is 65.5 Å². The highest BCUT2D eigenvalue weighted by Gasteiger charge is 2.34. The summed E-state index contributed by atoms with van der Waals surface area (Å²) in [5, 5.41) is 22.7. The quantitative estimate of drug-likeness (QED) is 0.227. The number of amides is 1. The van der Waals surface area contributed by atoms with Crippen molar-refractivity contribution in [1.29, 1.82) is 10.5 Å². The van der Waals surface area contributed by atoms with Crippen LogP contribution in [0.5, 0.6) is 0 Å². The Balaban J connectivity index is 0.000000908. The number of rotatable bonds is 5. The number of nitrogens with zero attached hydrogens (tertiary/aromatic N) is 7. The lowest BCUT2D eigenvalue weighted by atomic mass is 9.99. The number of hydrogen-bond donors (Lipinski definition) is 0. The second-order valence-corrected chi connectivity index (χ2v) is 11.5. The first-order valence-electron chi connectivity index (χ1n) is 14.6. The number of piperazine rings is 1. The van der Waals surface area contributed by atoms with E-state index >= 15 is 4.39 Å². The Kier molecular flexibility index (Phi) is 11.2. The summed E-state index contributed by atoms with van der Waals surface area (Å²) in [7, 11) is 0. The van der Waals surface area contributed by atoms with E-state index in [1.807, 2.05) is 18.7 Å². The predicted molar refractivity (Wildman–Crippen MR) is 177 cm³/mol. The van der Waals surface area contributed by atoms with E-state index in [9.17, 15) is 19.2 Å². The summed E-state index contributed by atoms with van der Waals surface area (Å²) in [6, 6.07) is 10.3. The van der Waals surface area contributed by atoms with Gasteiger partial charge in [-0.3, -0.25) is 14.3 Å². The Morgan fingerprint density at radius 3 is 2.48 bits per heavy atom. The van der Waals surface area contributed by atoms with Crippen molar-refractivity contribution in [3.8, 4) is 23.3 Å². The minimum absolute atomic E-state index is 0.0268. The summed E-state index contributed by atoms with van der Waals surface area (Å²) in [5.74, 6) is -1.23. The van der Waals surface area contributed by atoms with Crippen molar-refractivity contribution in [2.24, 2.45) is 0 Å².